The number of likely N-dealkylation sites (tertiary alicyclic amines) is 1. The Bertz CT molecular complexity index is 1280. The van der Waals surface area contributed by atoms with Crippen LogP contribution < -0.4 is 5.56 Å². The molecule has 1 fully saturated rings. The summed E-state index contributed by atoms with van der Waals surface area (Å²) in [6.45, 7) is 2.44. The van der Waals surface area contributed by atoms with Crippen LogP contribution in [-0.4, -0.2) is 33.1 Å². The Labute approximate surface area is 185 Å². The fraction of sp³-hybridized carbons (Fsp3) is 0.240. The molecule has 1 saturated heterocycles. The second-order valence-corrected chi connectivity index (χ2v) is 7.81. The van der Waals surface area contributed by atoms with Gasteiger partial charge in [0, 0.05) is 25.2 Å². The molecular weight excluding hydrogens is 407 g/mol. The highest BCUT2D eigenvalue weighted by atomic mass is 19.1. The topological polar surface area (TPSA) is 93.0 Å². The second kappa shape index (κ2) is 9.47. The quantitative estimate of drug-likeness (QED) is 0.610. The predicted octanol–water partition coefficient (Wildman–Crippen LogP) is 2.75. The lowest BCUT2D eigenvalue weighted by atomic mass is 10.0. The van der Waals surface area contributed by atoms with Gasteiger partial charge in [0.2, 0.25) is 5.75 Å². The number of aromatic amines is 1. The molecule has 2 aromatic carbocycles. The number of nitrogens with zero attached hydrogens (tertiary/aromatic N) is 3. The number of hydrogen-bond acceptors (Lipinski definition) is 5. The first-order valence-electron chi connectivity index (χ1n) is 10.3. The van der Waals surface area contributed by atoms with E-state index in [-0.39, 0.29) is 11.6 Å². The standard InChI is InChI=1S/C25H21FN4O2/c26-22-11-18(7-10-23-24(31)25(32)29-16-28-23)6-9-21(22)8-5-17-1-3-19(4-2-17)13-30-14-20(12-27)15-30/h1-4,6,9,11,16,20,31H,7,10,13-15H2,(H,28,29,32). The highest BCUT2D eigenvalue weighted by Gasteiger charge is 2.25. The van der Waals surface area contributed by atoms with Crippen molar-refractivity contribution in [3.05, 3.63) is 92.9 Å². The number of H-pyrrole nitrogens is 1. The van der Waals surface area contributed by atoms with Crippen LogP contribution in [0, 0.1) is 34.9 Å². The Balaban J connectivity index is 1.36. The molecule has 2 N–H and O–H groups in total. The van der Waals surface area contributed by atoms with Crippen molar-refractivity contribution in [3.63, 3.8) is 0 Å². The lowest BCUT2D eigenvalue weighted by Crippen LogP contribution is -2.45. The van der Waals surface area contributed by atoms with E-state index in [0.717, 1.165) is 36.3 Å². The number of halogens is 1. The molecule has 1 aromatic heterocycles. The number of rotatable bonds is 5. The van der Waals surface area contributed by atoms with E-state index in [1.165, 1.54) is 12.4 Å². The van der Waals surface area contributed by atoms with Crippen LogP contribution in [0.4, 0.5) is 4.39 Å². The number of nitrogens with one attached hydrogen (secondary N) is 1. The Morgan fingerprint density at radius 1 is 1.12 bits per heavy atom. The molecule has 4 rings (SSSR count). The van der Waals surface area contributed by atoms with Gasteiger partial charge in [-0.2, -0.15) is 5.26 Å². The van der Waals surface area contributed by atoms with Crippen LogP contribution in [0.5, 0.6) is 5.75 Å². The molecule has 0 unspecified atom stereocenters. The van der Waals surface area contributed by atoms with Gasteiger partial charge in [-0.3, -0.25) is 9.69 Å². The molecule has 0 spiro atoms. The summed E-state index contributed by atoms with van der Waals surface area (Å²) in [5.74, 6) is 5.19. The smallest absolute Gasteiger partial charge is 0.293 e. The Hall–Kier alpha value is -3.94. The zero-order chi connectivity index (χ0) is 22.5. The Morgan fingerprint density at radius 2 is 1.88 bits per heavy atom. The van der Waals surface area contributed by atoms with Gasteiger partial charge in [0.1, 0.15) is 5.82 Å². The van der Waals surface area contributed by atoms with Crippen molar-refractivity contribution in [3.8, 4) is 23.7 Å². The molecule has 0 saturated carbocycles. The number of aromatic nitrogens is 2. The van der Waals surface area contributed by atoms with Crippen molar-refractivity contribution in [1.29, 1.82) is 5.26 Å². The van der Waals surface area contributed by atoms with Crippen LogP contribution >= 0.6 is 0 Å². The van der Waals surface area contributed by atoms with E-state index in [2.05, 4.69) is 32.8 Å². The van der Waals surface area contributed by atoms with Crippen LogP contribution in [0.15, 0.2) is 53.6 Å². The maximum Gasteiger partial charge on any atom is 0.293 e. The van der Waals surface area contributed by atoms with Gasteiger partial charge in [-0.1, -0.05) is 30.0 Å². The maximum atomic E-state index is 14.5. The largest absolute Gasteiger partial charge is 0.502 e. The third kappa shape index (κ3) is 5.03. The minimum atomic E-state index is -0.590. The van der Waals surface area contributed by atoms with Crippen LogP contribution in [0.25, 0.3) is 0 Å². The molecule has 6 nitrogen and oxygen atoms in total. The van der Waals surface area contributed by atoms with Gasteiger partial charge in [0.25, 0.3) is 5.56 Å². The molecule has 160 valence electrons. The zero-order valence-corrected chi connectivity index (χ0v) is 17.3. The van der Waals surface area contributed by atoms with E-state index in [1.54, 1.807) is 12.1 Å². The molecule has 0 aliphatic carbocycles. The van der Waals surface area contributed by atoms with Gasteiger partial charge >= 0.3 is 0 Å². The second-order valence-electron chi connectivity index (χ2n) is 7.81. The van der Waals surface area contributed by atoms with E-state index in [9.17, 15) is 14.3 Å². The summed E-state index contributed by atoms with van der Waals surface area (Å²) in [4.78, 5) is 19.9. The molecule has 0 atom stereocenters. The fourth-order valence-corrected chi connectivity index (χ4v) is 3.56. The average molecular weight is 428 g/mol. The van der Waals surface area contributed by atoms with Crippen molar-refractivity contribution in [2.45, 2.75) is 19.4 Å². The molecule has 3 aromatic rings. The van der Waals surface area contributed by atoms with E-state index in [4.69, 9.17) is 5.26 Å². The molecule has 32 heavy (non-hydrogen) atoms. The number of hydrogen-bond donors (Lipinski definition) is 2. The van der Waals surface area contributed by atoms with Crippen molar-refractivity contribution in [1.82, 2.24) is 14.9 Å². The van der Waals surface area contributed by atoms with Gasteiger partial charge in [-0.05, 0) is 48.2 Å². The van der Waals surface area contributed by atoms with Crippen LogP contribution in [0.3, 0.4) is 0 Å². The fourth-order valence-electron chi connectivity index (χ4n) is 3.56. The van der Waals surface area contributed by atoms with E-state index >= 15 is 0 Å². The molecule has 0 amide bonds. The molecule has 7 heteroatoms. The summed E-state index contributed by atoms with van der Waals surface area (Å²) in [7, 11) is 0. The van der Waals surface area contributed by atoms with Gasteiger partial charge in [-0.25, -0.2) is 9.37 Å². The number of aryl methyl sites for hydroxylation is 2. The van der Waals surface area contributed by atoms with Gasteiger partial charge in [-0.15, -0.1) is 0 Å². The maximum absolute atomic E-state index is 14.5. The normalized spacial score (nSPS) is 13.6. The molecular formula is C25H21FN4O2. The van der Waals surface area contributed by atoms with E-state index < -0.39 is 17.1 Å². The minimum absolute atomic E-state index is 0.146. The lowest BCUT2D eigenvalue weighted by molar-refractivity contribution is 0.127. The number of benzene rings is 2. The third-order valence-electron chi connectivity index (χ3n) is 5.43. The molecule has 1 aliphatic rings. The van der Waals surface area contributed by atoms with Crippen LogP contribution in [0.1, 0.15) is 27.9 Å². The molecule has 2 heterocycles. The number of aromatic hydroxyl groups is 1. The number of nitriles is 1. The van der Waals surface area contributed by atoms with E-state index in [1.807, 2.05) is 24.3 Å². The van der Waals surface area contributed by atoms with Crippen molar-refractivity contribution >= 4 is 0 Å². The summed E-state index contributed by atoms with van der Waals surface area (Å²) >= 11 is 0. The van der Waals surface area contributed by atoms with Gasteiger partial charge in [0.15, 0.2) is 0 Å². The van der Waals surface area contributed by atoms with Crippen LogP contribution in [0.2, 0.25) is 0 Å². The lowest BCUT2D eigenvalue weighted by Gasteiger charge is -2.35. The van der Waals surface area contributed by atoms with Gasteiger partial charge < -0.3 is 10.1 Å². The summed E-state index contributed by atoms with van der Waals surface area (Å²) in [6, 6.07) is 14.9. The SMILES string of the molecule is N#CC1CN(Cc2ccc(C#Cc3ccc(CCc4nc[nH]c(=O)c4O)cc3F)cc2)C1. The first-order valence-corrected chi connectivity index (χ1v) is 10.3. The molecule has 0 radical (unpaired) electrons. The first-order chi connectivity index (χ1) is 15.5. The summed E-state index contributed by atoms with van der Waals surface area (Å²) in [5.41, 5.74) is 2.67. The van der Waals surface area contributed by atoms with Crippen LogP contribution in [-0.2, 0) is 19.4 Å². The first kappa shape index (κ1) is 21.3. The minimum Gasteiger partial charge on any atom is -0.502 e. The zero-order valence-electron chi connectivity index (χ0n) is 17.3. The van der Waals surface area contributed by atoms with Crippen molar-refractivity contribution in [2.24, 2.45) is 5.92 Å². The highest BCUT2D eigenvalue weighted by Crippen LogP contribution is 2.18. The Morgan fingerprint density at radius 3 is 2.59 bits per heavy atom. The monoisotopic (exact) mass is 428 g/mol. The molecule has 0 bridgehead atoms. The summed E-state index contributed by atoms with van der Waals surface area (Å²) in [6.07, 6.45) is 1.99. The summed E-state index contributed by atoms with van der Waals surface area (Å²) in [5, 5.41) is 18.6. The third-order valence-corrected chi connectivity index (χ3v) is 5.43. The van der Waals surface area contributed by atoms with Crippen molar-refractivity contribution in [2.75, 3.05) is 13.1 Å². The van der Waals surface area contributed by atoms with E-state index in [0.29, 0.717) is 18.4 Å². The van der Waals surface area contributed by atoms with Crippen molar-refractivity contribution < 1.29 is 9.50 Å². The molecule has 1 aliphatic heterocycles. The predicted molar refractivity (Wildman–Crippen MR) is 117 cm³/mol. The average Bonchev–Trinajstić information content (AvgIpc) is 2.77. The Kier molecular flexibility index (Phi) is 6.30. The summed E-state index contributed by atoms with van der Waals surface area (Å²) < 4.78 is 14.5. The highest BCUT2D eigenvalue weighted by molar-refractivity contribution is 5.45. The van der Waals surface area contributed by atoms with Gasteiger partial charge in [0.05, 0.1) is 29.6 Å².